The van der Waals surface area contributed by atoms with Gasteiger partial charge in [-0.3, -0.25) is 9.59 Å². The van der Waals surface area contributed by atoms with Crippen LogP contribution in [0.25, 0.3) is 0 Å². The molecule has 0 amide bonds. The average Bonchev–Trinajstić information content (AvgIpc) is 0.879. The fraction of sp³-hybridized carbons (Fsp3) is 0.786. The zero-order valence-corrected chi connectivity index (χ0v) is 100.0. The second-order valence-electron chi connectivity index (χ2n) is 19.8. The van der Waals surface area contributed by atoms with Crippen molar-refractivity contribution in [2.75, 3.05) is 0 Å². The second kappa shape index (κ2) is 50.5. The molecule has 2 fully saturated rings. The molecular formula is C28H94O8P50. The number of ketones is 2. The number of carbonyl (C=O) groups excluding carboxylic acids is 2. The van der Waals surface area contributed by atoms with Gasteiger partial charge in [-0.05, 0) is 143 Å². The van der Waals surface area contributed by atoms with E-state index in [9.17, 15) is 9.59 Å². The minimum Gasteiger partial charge on any atom is -0.347 e. The van der Waals surface area contributed by atoms with E-state index in [4.69, 9.17) is 27.1 Å². The molecule has 0 aromatic rings. The van der Waals surface area contributed by atoms with Crippen LogP contribution in [0, 0.1) is 22.7 Å². The Morgan fingerprint density at radius 1 is 0.395 bits per heavy atom. The zero-order valence-electron chi connectivity index (χ0n) is 48.1. The van der Waals surface area contributed by atoms with E-state index in [2.05, 4.69) is 274 Å². The molecule has 0 heterocycles. The van der Waals surface area contributed by atoms with Crippen molar-refractivity contribution in [3.63, 3.8) is 0 Å². The van der Waals surface area contributed by atoms with Crippen LogP contribution < -0.4 is 0 Å². The first-order valence-corrected chi connectivity index (χ1v) is 111. The monoisotopic (exact) mass is 2110 g/mol. The number of hydrogen-bond donors (Lipinski definition) is 0. The highest BCUT2D eigenvalue weighted by atomic mass is 33.2. The number of carbonyl (C=O) groups is 2. The summed E-state index contributed by atoms with van der Waals surface area (Å²) in [5.74, 6) is 0.542. The molecule has 4 bridgehead atoms. The molecule has 0 radical (unpaired) electrons. The van der Waals surface area contributed by atoms with Gasteiger partial charge in [-0.15, -0.1) is 196 Å². The second-order valence-corrected chi connectivity index (χ2v) is 189. The molecule has 0 saturated heterocycles. The molecule has 46 unspecified atom stereocenters. The fourth-order valence-electron chi connectivity index (χ4n) is 10.3. The summed E-state index contributed by atoms with van der Waals surface area (Å²) >= 11 is 0. The molecule has 2 saturated carbocycles. The lowest BCUT2D eigenvalue weighted by Crippen LogP contribution is -2.50. The van der Waals surface area contributed by atoms with E-state index in [0.717, 1.165) is 28.8 Å². The van der Waals surface area contributed by atoms with Gasteiger partial charge in [0.05, 0.1) is 54.5 Å². The van der Waals surface area contributed by atoms with Crippen molar-refractivity contribution in [3.05, 3.63) is 22.3 Å². The Hall–Kier alpha value is 20.1. The lowest BCUT2D eigenvalue weighted by Gasteiger charge is -2.52. The van der Waals surface area contributed by atoms with Gasteiger partial charge in [-0.25, -0.2) is 0 Å². The molecule has 0 aromatic heterocycles. The Balaban J connectivity index is 0.000000450. The zero-order chi connectivity index (χ0) is 65.9. The Bertz CT molecular complexity index is 2000. The number of hydrogen-bond acceptors (Lipinski definition) is 8. The van der Waals surface area contributed by atoms with E-state index in [1.54, 1.807) is 0 Å². The van der Waals surface area contributed by atoms with Crippen LogP contribution in [-0.4, -0.2) is 48.2 Å². The van der Waals surface area contributed by atoms with Crippen molar-refractivity contribution in [2.45, 2.75) is 117 Å². The van der Waals surface area contributed by atoms with Crippen LogP contribution in [0.2, 0.25) is 0 Å². The minimum absolute atomic E-state index is 0.0316. The van der Waals surface area contributed by atoms with Crippen LogP contribution in [0.15, 0.2) is 22.3 Å². The van der Waals surface area contributed by atoms with E-state index in [1.165, 1.54) is 22.3 Å². The normalized spacial score (nSPS) is 28.4. The van der Waals surface area contributed by atoms with Crippen LogP contribution in [0.1, 0.15) is 80.1 Å². The largest absolute Gasteiger partial charge is 0.347 e. The Labute approximate surface area is 609 Å². The Morgan fingerprint density at radius 2 is 0.674 bits per heavy atom. The van der Waals surface area contributed by atoms with E-state index < -0.39 is 56.3 Å². The number of Topliss-reactive ketones (excluding diaryl/α,β-unsaturated/α-hetero) is 2. The van der Waals surface area contributed by atoms with Crippen molar-refractivity contribution in [1.29, 1.82) is 0 Å². The van der Waals surface area contributed by atoms with Gasteiger partial charge in [0.15, 0.2) is 11.6 Å². The summed E-state index contributed by atoms with van der Waals surface area (Å²) in [6.45, 7) is 9.03. The lowest BCUT2D eigenvalue weighted by atomic mass is 9.59. The third-order valence-electron chi connectivity index (χ3n) is 13.9. The van der Waals surface area contributed by atoms with Crippen molar-refractivity contribution < 1.29 is 36.7 Å². The van der Waals surface area contributed by atoms with Gasteiger partial charge in [0.25, 0.3) is 0 Å². The average molecular weight is 2110 g/mol. The summed E-state index contributed by atoms with van der Waals surface area (Å²) in [6.07, 6.45) is 3.02. The molecular weight excluding hydrogens is 2010 g/mol. The van der Waals surface area contributed by atoms with Crippen LogP contribution in [0.4, 0.5) is 0 Å². The highest BCUT2D eigenvalue weighted by Gasteiger charge is 2.55. The molecule has 4 aliphatic rings. The van der Waals surface area contributed by atoms with Crippen LogP contribution in [-0.2, 0) is 36.7 Å². The Morgan fingerprint density at radius 3 is 0.895 bits per heavy atom. The van der Waals surface area contributed by atoms with Crippen molar-refractivity contribution in [2.24, 2.45) is 22.7 Å². The van der Waals surface area contributed by atoms with Crippen LogP contribution in [0.3, 0.4) is 0 Å². The summed E-state index contributed by atoms with van der Waals surface area (Å²) in [4.78, 5) is 27.7. The maximum absolute atomic E-state index is 13.9. The molecule has 8 nitrogen and oxygen atoms in total. The van der Waals surface area contributed by atoms with Gasteiger partial charge in [-0.1, -0.05) is 79.3 Å². The highest BCUT2D eigenvalue weighted by Crippen LogP contribution is 3.19. The lowest BCUT2D eigenvalue weighted by molar-refractivity contribution is -0.132. The third-order valence-corrected chi connectivity index (χ3v) is 252. The fourth-order valence-corrected chi connectivity index (χ4v) is 336. The maximum atomic E-state index is 13.9. The third kappa shape index (κ3) is 30.0. The molecule has 0 spiro atoms. The minimum atomic E-state index is -0.664. The number of rotatable bonds is 30. The van der Waals surface area contributed by atoms with Crippen molar-refractivity contribution >= 4 is 419 Å². The molecule has 46 atom stereocenters. The van der Waals surface area contributed by atoms with Crippen LogP contribution in [0.5, 0.6) is 0 Å². The predicted octanol–water partition coefficient (Wildman–Crippen LogP) is 32.6. The first-order valence-electron chi connectivity index (χ1n) is 24.6. The van der Waals surface area contributed by atoms with E-state index in [0.29, 0.717) is 25.7 Å². The van der Waals surface area contributed by atoms with E-state index >= 15 is 0 Å². The highest BCUT2D eigenvalue weighted by molar-refractivity contribution is 9.21. The predicted molar refractivity (Wildman–Crippen MR) is 551 cm³/mol. The summed E-state index contributed by atoms with van der Waals surface area (Å²) in [7, 11) is 79.3. The molecule has 0 N–H and O–H groups in total. The maximum Gasteiger partial charge on any atom is 0.162 e. The first kappa shape index (κ1) is 100. The van der Waals surface area contributed by atoms with Crippen molar-refractivity contribution in [1.82, 2.24) is 0 Å². The Kier molecular flexibility index (Phi) is 58.9. The topological polar surface area (TPSA) is 89.5 Å². The molecule has 4 rings (SSSR count). The summed E-state index contributed by atoms with van der Waals surface area (Å²) in [5.41, 5.74) is 4.97. The smallest absolute Gasteiger partial charge is 0.162 e. The summed E-state index contributed by atoms with van der Waals surface area (Å²) in [5, 5.41) is 0. The van der Waals surface area contributed by atoms with Gasteiger partial charge in [0.2, 0.25) is 0 Å². The van der Waals surface area contributed by atoms with Gasteiger partial charge in [0, 0.05) is 83.6 Å². The molecule has 58 heteroatoms. The first-order chi connectivity index (χ1) is 39.8. The molecule has 504 valence electrons. The van der Waals surface area contributed by atoms with Gasteiger partial charge in [-0.2, -0.15) is 0 Å². The van der Waals surface area contributed by atoms with E-state index in [-0.39, 0.29) is 173 Å². The van der Waals surface area contributed by atoms with E-state index in [1.807, 2.05) is 0 Å². The van der Waals surface area contributed by atoms with Gasteiger partial charge < -0.3 is 27.1 Å². The van der Waals surface area contributed by atoms with Crippen LogP contribution >= 0.6 is 407 Å². The summed E-state index contributed by atoms with van der Waals surface area (Å²) in [6, 6.07) is 0. The quantitative estimate of drug-likeness (QED) is 0.0519. The summed E-state index contributed by atoms with van der Waals surface area (Å²) < 4.78 is 42.3. The van der Waals surface area contributed by atoms with Gasteiger partial charge in [0.1, 0.15) is 12.2 Å². The standard InChI is InChI=1S/2C14H47O4P25/c2*1-7-11(18-35(41(31)37(23)24)43(39(27)28)40(29)30)6-8-13(16-32-19)9(15)4-5-10(12(7)14(8,2)3)17-34(36(21)22)42(33-20)38(25)26/h2*8,10-11,13,32-33H,4-6,19-31H2,1-3H3. The molecule has 4 aliphatic carbocycles. The molecule has 0 aliphatic heterocycles. The van der Waals surface area contributed by atoms with Crippen molar-refractivity contribution in [3.8, 4) is 0 Å². The number of fused-ring (bicyclic) bond motifs is 4. The molecule has 0 aromatic carbocycles. The van der Waals surface area contributed by atoms with Gasteiger partial charge >= 0.3 is 0 Å². The SMILES string of the molecule is CC1=C2C(OP(P(P)P)P(PP)P(P)P)CCC(=O)C(OPP)C(CC1OP(P(P)P(P)P)P(P(P)P)P(P)P)C2(C)C.CC1=C2C(OP(P(P)P)P(PP)P(P)P)CCC(=O)C(OPP)C(CC1OP(P(P)P(P)P)P(P(P)P)P(P)P)C2(C)C. The molecule has 86 heavy (non-hydrogen) atoms.